The summed E-state index contributed by atoms with van der Waals surface area (Å²) in [5.41, 5.74) is 1.50. The minimum absolute atomic E-state index is 0.207. The summed E-state index contributed by atoms with van der Waals surface area (Å²) in [6.45, 7) is 1.99. The zero-order valence-electron chi connectivity index (χ0n) is 11.0. The first-order chi connectivity index (χ1) is 9.56. The van der Waals surface area contributed by atoms with E-state index in [1.807, 2.05) is 31.2 Å². The van der Waals surface area contributed by atoms with Crippen molar-refractivity contribution in [3.63, 3.8) is 0 Å². The zero-order valence-corrected chi connectivity index (χ0v) is 14.1. The van der Waals surface area contributed by atoms with Crippen LogP contribution < -0.4 is 0 Å². The number of nitrogens with zero attached hydrogens (tertiary/aromatic N) is 2. The van der Waals surface area contributed by atoms with Gasteiger partial charge in [0.15, 0.2) is 5.82 Å². The van der Waals surface area contributed by atoms with Gasteiger partial charge >= 0.3 is 0 Å². The monoisotopic (exact) mass is 374 g/mol. The van der Waals surface area contributed by atoms with E-state index in [1.165, 1.54) is 0 Å². The molecule has 0 saturated heterocycles. The molecular weight excluding hydrogens is 363 g/mol. The maximum atomic E-state index is 6.27. The predicted octanol–water partition coefficient (Wildman–Crippen LogP) is 5.31. The van der Waals surface area contributed by atoms with Crippen molar-refractivity contribution in [3.05, 3.63) is 44.9 Å². The van der Waals surface area contributed by atoms with Crippen LogP contribution in [0.15, 0.2) is 28.7 Å². The molecule has 2 aromatic rings. The molecule has 0 spiro atoms. The van der Waals surface area contributed by atoms with Crippen LogP contribution in [0.1, 0.15) is 25.3 Å². The van der Waals surface area contributed by atoms with Crippen LogP contribution >= 0.6 is 39.1 Å². The third-order valence-electron chi connectivity index (χ3n) is 2.89. The minimum Gasteiger partial charge on any atom is -0.373 e. The van der Waals surface area contributed by atoms with E-state index in [9.17, 15) is 0 Å². The Balaban J connectivity index is 2.51. The van der Waals surface area contributed by atoms with Gasteiger partial charge in [0.25, 0.3) is 0 Å². The minimum atomic E-state index is -0.207. The van der Waals surface area contributed by atoms with Gasteiger partial charge in [-0.25, -0.2) is 9.97 Å². The lowest BCUT2D eigenvalue weighted by atomic mass is 10.1. The SMILES string of the molecule is CCC(OC)c1nc(Cl)c(-c2cccc(Br)c2)c(Cl)n1. The molecule has 1 aromatic carbocycles. The van der Waals surface area contributed by atoms with E-state index in [4.69, 9.17) is 27.9 Å². The average Bonchev–Trinajstić information content (AvgIpc) is 2.39. The molecule has 20 heavy (non-hydrogen) atoms. The second-order valence-electron chi connectivity index (χ2n) is 4.18. The van der Waals surface area contributed by atoms with Crippen LogP contribution in [0.4, 0.5) is 0 Å². The molecule has 1 aromatic heterocycles. The van der Waals surface area contributed by atoms with Crippen LogP contribution in [0.2, 0.25) is 10.3 Å². The van der Waals surface area contributed by atoms with Gasteiger partial charge in [-0.1, -0.05) is 58.2 Å². The fraction of sp³-hybridized carbons (Fsp3) is 0.286. The van der Waals surface area contributed by atoms with Gasteiger partial charge in [0.1, 0.15) is 16.4 Å². The van der Waals surface area contributed by atoms with Gasteiger partial charge in [0, 0.05) is 11.6 Å². The van der Waals surface area contributed by atoms with Crippen LogP contribution in [0.5, 0.6) is 0 Å². The largest absolute Gasteiger partial charge is 0.373 e. The van der Waals surface area contributed by atoms with Gasteiger partial charge < -0.3 is 4.74 Å². The third-order valence-corrected chi connectivity index (χ3v) is 3.93. The van der Waals surface area contributed by atoms with E-state index in [1.54, 1.807) is 7.11 Å². The Labute approximate surface area is 136 Å². The first-order valence-corrected chi connectivity index (χ1v) is 7.63. The van der Waals surface area contributed by atoms with E-state index in [2.05, 4.69) is 25.9 Å². The van der Waals surface area contributed by atoms with Crippen LogP contribution in [0.3, 0.4) is 0 Å². The van der Waals surface area contributed by atoms with Gasteiger partial charge in [-0.05, 0) is 24.1 Å². The smallest absolute Gasteiger partial charge is 0.160 e. The van der Waals surface area contributed by atoms with E-state index in [0.29, 0.717) is 21.7 Å². The Bertz CT molecular complexity index is 595. The van der Waals surface area contributed by atoms with Crippen molar-refractivity contribution >= 4 is 39.1 Å². The van der Waals surface area contributed by atoms with Crippen molar-refractivity contribution in [2.75, 3.05) is 7.11 Å². The number of methoxy groups -OCH3 is 1. The topological polar surface area (TPSA) is 35.0 Å². The molecule has 0 radical (unpaired) electrons. The molecule has 3 nitrogen and oxygen atoms in total. The Morgan fingerprint density at radius 2 is 1.90 bits per heavy atom. The Hall–Kier alpha value is -0.680. The number of benzene rings is 1. The van der Waals surface area contributed by atoms with Crippen LogP contribution in [-0.4, -0.2) is 17.1 Å². The molecule has 0 amide bonds. The normalized spacial score (nSPS) is 12.4. The van der Waals surface area contributed by atoms with Gasteiger partial charge in [-0.2, -0.15) is 0 Å². The summed E-state index contributed by atoms with van der Waals surface area (Å²) in [5.74, 6) is 0.503. The maximum absolute atomic E-state index is 6.27. The molecule has 1 unspecified atom stereocenters. The quantitative estimate of drug-likeness (QED) is 0.679. The predicted molar refractivity (Wildman–Crippen MR) is 85.2 cm³/mol. The highest BCUT2D eigenvalue weighted by molar-refractivity contribution is 9.10. The summed E-state index contributed by atoms with van der Waals surface area (Å²) >= 11 is 16.0. The molecule has 0 bridgehead atoms. The summed E-state index contributed by atoms with van der Waals surface area (Å²) in [5, 5.41) is 0.655. The van der Waals surface area contributed by atoms with Crippen molar-refractivity contribution < 1.29 is 4.74 Å². The number of rotatable bonds is 4. The molecule has 0 fully saturated rings. The van der Waals surface area contributed by atoms with Crippen LogP contribution in [-0.2, 0) is 4.74 Å². The zero-order chi connectivity index (χ0) is 14.7. The lowest BCUT2D eigenvalue weighted by Gasteiger charge is -2.14. The molecular formula is C14H13BrCl2N2O. The first-order valence-electron chi connectivity index (χ1n) is 6.08. The second-order valence-corrected chi connectivity index (χ2v) is 5.81. The number of ether oxygens (including phenoxy) is 1. The lowest BCUT2D eigenvalue weighted by Crippen LogP contribution is -2.07. The summed E-state index contributed by atoms with van der Waals surface area (Å²) < 4.78 is 6.25. The summed E-state index contributed by atoms with van der Waals surface area (Å²) in [7, 11) is 1.61. The number of halogens is 3. The summed E-state index contributed by atoms with van der Waals surface area (Å²) in [6, 6.07) is 7.67. The van der Waals surface area contributed by atoms with Crippen LogP contribution in [0, 0.1) is 0 Å². The highest BCUT2D eigenvalue weighted by Gasteiger charge is 2.18. The highest BCUT2D eigenvalue weighted by Crippen LogP contribution is 2.35. The van der Waals surface area contributed by atoms with E-state index >= 15 is 0 Å². The molecule has 0 aliphatic rings. The molecule has 1 atom stereocenters. The van der Waals surface area contributed by atoms with Crippen molar-refractivity contribution in [2.45, 2.75) is 19.4 Å². The maximum Gasteiger partial charge on any atom is 0.160 e. The third kappa shape index (κ3) is 3.31. The second kappa shape index (κ2) is 6.85. The molecule has 0 aliphatic heterocycles. The van der Waals surface area contributed by atoms with Gasteiger partial charge in [-0.15, -0.1) is 0 Å². The molecule has 2 rings (SSSR count). The van der Waals surface area contributed by atoms with Crippen LogP contribution in [0.25, 0.3) is 11.1 Å². The first kappa shape index (κ1) is 15.7. The van der Waals surface area contributed by atoms with Crippen molar-refractivity contribution in [1.82, 2.24) is 9.97 Å². The van der Waals surface area contributed by atoms with E-state index in [-0.39, 0.29) is 6.10 Å². The average molecular weight is 376 g/mol. The standard InChI is InChI=1S/C14H13BrCl2N2O/c1-3-10(20-2)14-18-12(16)11(13(17)19-14)8-5-4-6-9(15)7-8/h4-7,10H,3H2,1-2H3. The number of hydrogen-bond acceptors (Lipinski definition) is 3. The Kier molecular flexibility index (Phi) is 5.38. The van der Waals surface area contributed by atoms with Gasteiger partial charge in [0.05, 0.1) is 5.56 Å². The number of hydrogen-bond donors (Lipinski definition) is 0. The summed E-state index contributed by atoms with van der Waals surface area (Å²) in [6.07, 6.45) is 0.543. The summed E-state index contributed by atoms with van der Waals surface area (Å²) in [4.78, 5) is 8.62. The molecule has 106 valence electrons. The molecule has 0 aliphatic carbocycles. The fourth-order valence-corrected chi connectivity index (χ4v) is 2.92. The molecule has 0 N–H and O–H groups in total. The lowest BCUT2D eigenvalue weighted by molar-refractivity contribution is 0.0926. The molecule has 6 heteroatoms. The molecule has 0 saturated carbocycles. The van der Waals surface area contributed by atoms with Crippen molar-refractivity contribution in [3.8, 4) is 11.1 Å². The fourth-order valence-electron chi connectivity index (χ4n) is 1.90. The molecule has 1 heterocycles. The van der Waals surface area contributed by atoms with E-state index < -0.39 is 0 Å². The van der Waals surface area contributed by atoms with Gasteiger partial charge in [-0.3, -0.25) is 0 Å². The van der Waals surface area contributed by atoms with E-state index in [0.717, 1.165) is 16.5 Å². The Morgan fingerprint density at radius 1 is 1.25 bits per heavy atom. The Morgan fingerprint density at radius 3 is 2.40 bits per heavy atom. The van der Waals surface area contributed by atoms with Crippen molar-refractivity contribution in [2.24, 2.45) is 0 Å². The van der Waals surface area contributed by atoms with Crippen molar-refractivity contribution in [1.29, 1.82) is 0 Å². The number of aromatic nitrogens is 2. The highest BCUT2D eigenvalue weighted by atomic mass is 79.9. The van der Waals surface area contributed by atoms with Gasteiger partial charge in [0.2, 0.25) is 0 Å².